The van der Waals surface area contributed by atoms with Crippen LogP contribution in [0.2, 0.25) is 10.0 Å². The van der Waals surface area contributed by atoms with Crippen molar-refractivity contribution in [3.63, 3.8) is 0 Å². The summed E-state index contributed by atoms with van der Waals surface area (Å²) in [5.74, 6) is -1.88. The van der Waals surface area contributed by atoms with E-state index in [0.717, 1.165) is 16.7 Å². The van der Waals surface area contributed by atoms with Crippen molar-refractivity contribution in [1.29, 1.82) is 0 Å². The molecule has 2 N–H and O–H groups in total. The molecule has 1 atom stereocenters. The van der Waals surface area contributed by atoms with Gasteiger partial charge in [-0.05, 0) is 35.3 Å². The molecule has 2 aromatic carbocycles. The molecule has 0 saturated heterocycles. The van der Waals surface area contributed by atoms with Gasteiger partial charge in [-0.3, -0.25) is 9.59 Å². The first-order valence-electron chi connectivity index (χ1n) is 10.8. The predicted molar refractivity (Wildman–Crippen MR) is 136 cm³/mol. The molecule has 1 aliphatic rings. The van der Waals surface area contributed by atoms with Crippen molar-refractivity contribution in [2.24, 2.45) is 0 Å². The largest absolute Gasteiger partial charge is 0.480 e. The lowest BCUT2D eigenvalue weighted by Crippen LogP contribution is -2.42. The van der Waals surface area contributed by atoms with E-state index in [9.17, 15) is 19.5 Å². The van der Waals surface area contributed by atoms with Crippen LogP contribution in [0.4, 0.5) is 0 Å². The van der Waals surface area contributed by atoms with E-state index in [1.165, 1.54) is 23.5 Å². The number of carboxylic acids is 1. The van der Waals surface area contributed by atoms with Gasteiger partial charge in [-0.25, -0.2) is 9.78 Å². The normalized spacial score (nSPS) is 14.2. The molecular weight excluding hydrogens is 509 g/mol. The van der Waals surface area contributed by atoms with Crippen molar-refractivity contribution in [1.82, 2.24) is 15.2 Å². The second-order valence-electron chi connectivity index (χ2n) is 7.97. The topological polar surface area (TPSA) is 99.6 Å². The van der Waals surface area contributed by atoms with Gasteiger partial charge in [0.25, 0.3) is 11.8 Å². The van der Waals surface area contributed by atoms with E-state index in [4.69, 9.17) is 23.2 Å². The summed E-state index contributed by atoms with van der Waals surface area (Å²) in [4.78, 5) is 42.7. The SMILES string of the molecule is O=C(N[C@@H](Cc1ccc(C2=CCN(C(=O)c3cscn3)CC2)cc1)C(=O)O)c1c(Cl)cccc1Cl. The second kappa shape index (κ2) is 11.0. The lowest BCUT2D eigenvalue weighted by Gasteiger charge is -2.26. The fourth-order valence-corrected chi connectivity index (χ4v) is 4.93. The van der Waals surface area contributed by atoms with E-state index in [1.54, 1.807) is 21.9 Å². The summed E-state index contributed by atoms with van der Waals surface area (Å²) in [6.07, 6.45) is 2.83. The summed E-state index contributed by atoms with van der Waals surface area (Å²) in [5, 5.41) is 14.2. The van der Waals surface area contributed by atoms with Gasteiger partial charge in [-0.2, -0.15) is 0 Å². The average Bonchev–Trinajstić information content (AvgIpc) is 3.39. The number of halogens is 2. The van der Waals surface area contributed by atoms with Gasteiger partial charge in [0.05, 0.1) is 21.1 Å². The van der Waals surface area contributed by atoms with E-state index in [0.29, 0.717) is 25.2 Å². The third kappa shape index (κ3) is 5.90. The summed E-state index contributed by atoms with van der Waals surface area (Å²) in [6, 6.07) is 11.0. The van der Waals surface area contributed by atoms with Crippen LogP contribution in [0.3, 0.4) is 0 Å². The highest BCUT2D eigenvalue weighted by atomic mass is 35.5. The van der Waals surface area contributed by atoms with E-state index in [1.807, 2.05) is 30.3 Å². The molecule has 35 heavy (non-hydrogen) atoms. The first-order valence-corrected chi connectivity index (χ1v) is 12.5. The molecule has 1 aromatic heterocycles. The average molecular weight is 530 g/mol. The third-order valence-corrected chi connectivity index (χ3v) is 6.92. The Morgan fingerprint density at radius 3 is 2.40 bits per heavy atom. The van der Waals surface area contributed by atoms with Gasteiger partial charge in [0.15, 0.2) is 0 Å². The predicted octanol–water partition coefficient (Wildman–Crippen LogP) is 4.81. The Morgan fingerprint density at radius 2 is 1.83 bits per heavy atom. The molecule has 0 radical (unpaired) electrons. The minimum atomic E-state index is -1.16. The first kappa shape index (κ1) is 24.9. The fraction of sp³-hybridized carbons (Fsp3) is 0.200. The molecule has 2 amide bonds. The maximum atomic E-state index is 12.6. The second-order valence-corrected chi connectivity index (χ2v) is 9.50. The molecule has 1 aliphatic heterocycles. The molecule has 0 saturated carbocycles. The van der Waals surface area contributed by atoms with Crippen LogP contribution >= 0.6 is 34.5 Å². The molecular formula is C25H21Cl2N3O4S. The Kier molecular flexibility index (Phi) is 7.85. The number of amides is 2. The van der Waals surface area contributed by atoms with E-state index in [-0.39, 0.29) is 27.9 Å². The monoisotopic (exact) mass is 529 g/mol. The van der Waals surface area contributed by atoms with Crippen molar-refractivity contribution < 1.29 is 19.5 Å². The molecule has 4 rings (SSSR count). The molecule has 0 unspecified atom stereocenters. The van der Waals surface area contributed by atoms with Gasteiger partial charge < -0.3 is 15.3 Å². The smallest absolute Gasteiger partial charge is 0.326 e. The number of nitrogens with zero attached hydrogens (tertiary/aromatic N) is 2. The number of carbonyl (C=O) groups excluding carboxylic acids is 2. The molecule has 0 aliphatic carbocycles. The molecule has 3 aromatic rings. The Labute approximate surface area is 216 Å². The summed E-state index contributed by atoms with van der Waals surface area (Å²) >= 11 is 13.5. The van der Waals surface area contributed by atoms with Crippen LogP contribution in [-0.4, -0.2) is 51.9 Å². The molecule has 10 heteroatoms. The third-order valence-electron chi connectivity index (χ3n) is 5.71. The van der Waals surface area contributed by atoms with Crippen LogP contribution in [0.25, 0.3) is 5.57 Å². The number of nitrogens with one attached hydrogen (secondary N) is 1. The summed E-state index contributed by atoms with van der Waals surface area (Å²) in [7, 11) is 0. The lowest BCUT2D eigenvalue weighted by molar-refractivity contribution is -0.139. The van der Waals surface area contributed by atoms with Crippen molar-refractivity contribution in [2.75, 3.05) is 13.1 Å². The van der Waals surface area contributed by atoms with Gasteiger partial charge in [-0.15, -0.1) is 11.3 Å². The number of carbonyl (C=O) groups is 3. The highest BCUT2D eigenvalue weighted by Gasteiger charge is 2.24. The Morgan fingerprint density at radius 1 is 1.11 bits per heavy atom. The van der Waals surface area contributed by atoms with Gasteiger partial charge in [0.1, 0.15) is 11.7 Å². The van der Waals surface area contributed by atoms with Gasteiger partial charge in [0.2, 0.25) is 0 Å². The zero-order valence-electron chi connectivity index (χ0n) is 18.4. The Hall–Kier alpha value is -3.20. The molecule has 0 spiro atoms. The number of aliphatic carboxylic acids is 1. The lowest BCUT2D eigenvalue weighted by atomic mass is 9.96. The number of hydrogen-bond acceptors (Lipinski definition) is 5. The number of benzene rings is 2. The van der Waals surface area contributed by atoms with Crippen LogP contribution in [0.5, 0.6) is 0 Å². The quantitative estimate of drug-likeness (QED) is 0.457. The zero-order valence-corrected chi connectivity index (χ0v) is 20.7. The fourth-order valence-electron chi connectivity index (χ4n) is 3.83. The van der Waals surface area contributed by atoms with Crippen LogP contribution in [0, 0.1) is 0 Å². The highest BCUT2D eigenvalue weighted by Crippen LogP contribution is 2.25. The van der Waals surface area contributed by atoms with Crippen LogP contribution in [-0.2, 0) is 11.2 Å². The number of aromatic nitrogens is 1. The number of thiazole rings is 1. The van der Waals surface area contributed by atoms with E-state index < -0.39 is 17.9 Å². The minimum absolute atomic E-state index is 0.0453. The van der Waals surface area contributed by atoms with Gasteiger partial charge in [0, 0.05) is 24.9 Å². The molecule has 180 valence electrons. The Balaban J connectivity index is 1.40. The maximum Gasteiger partial charge on any atom is 0.326 e. The highest BCUT2D eigenvalue weighted by molar-refractivity contribution is 7.07. The van der Waals surface area contributed by atoms with E-state index >= 15 is 0 Å². The summed E-state index contributed by atoms with van der Waals surface area (Å²) in [6.45, 7) is 1.10. The Bertz CT molecular complexity index is 1260. The van der Waals surface area contributed by atoms with Gasteiger partial charge in [-0.1, -0.05) is 59.6 Å². The van der Waals surface area contributed by atoms with E-state index in [2.05, 4.69) is 10.3 Å². The number of carboxylic acid groups (broad SMARTS) is 1. The number of hydrogen-bond donors (Lipinski definition) is 2. The summed E-state index contributed by atoms with van der Waals surface area (Å²) < 4.78 is 0. The number of rotatable bonds is 7. The minimum Gasteiger partial charge on any atom is -0.480 e. The molecule has 0 fully saturated rings. The standard InChI is InChI=1S/C25H21Cl2N3O4S/c26-18-2-1-3-19(27)22(18)23(31)29-20(25(33)34)12-15-4-6-16(7-5-15)17-8-10-30(11-9-17)24(32)21-13-35-14-28-21/h1-8,13-14,20H,9-12H2,(H,29,31)(H,33,34)/t20-/m0/s1. The van der Waals surface area contributed by atoms with Crippen molar-refractivity contribution >= 4 is 57.9 Å². The van der Waals surface area contributed by atoms with Crippen LogP contribution < -0.4 is 5.32 Å². The molecule has 0 bridgehead atoms. The van der Waals surface area contributed by atoms with Crippen molar-refractivity contribution in [3.05, 3.63) is 91.9 Å². The first-order chi connectivity index (χ1) is 16.8. The van der Waals surface area contributed by atoms with Crippen LogP contribution in [0.15, 0.2) is 59.4 Å². The summed E-state index contributed by atoms with van der Waals surface area (Å²) in [5.41, 5.74) is 5.04. The maximum absolute atomic E-state index is 12.6. The van der Waals surface area contributed by atoms with Gasteiger partial charge >= 0.3 is 5.97 Å². The zero-order chi connectivity index (χ0) is 24.9. The molecule has 7 nitrogen and oxygen atoms in total. The van der Waals surface area contributed by atoms with Crippen LogP contribution in [0.1, 0.15) is 38.4 Å². The van der Waals surface area contributed by atoms with Crippen molar-refractivity contribution in [2.45, 2.75) is 18.9 Å². The molecule has 2 heterocycles. The van der Waals surface area contributed by atoms with Crippen molar-refractivity contribution in [3.8, 4) is 0 Å².